The normalized spacial score (nSPS) is 15.1. The molecule has 1 aliphatic rings. The Morgan fingerprint density at radius 1 is 1.05 bits per heavy atom. The summed E-state index contributed by atoms with van der Waals surface area (Å²) in [6.45, 7) is 8.46. The molecule has 0 heterocycles. The second-order valence-corrected chi connectivity index (χ2v) is 11.1. The summed E-state index contributed by atoms with van der Waals surface area (Å²) in [5.41, 5.74) is 2.92. The second kappa shape index (κ2) is 5.74. The van der Waals surface area contributed by atoms with Crippen LogP contribution in [0, 0.1) is 0 Å². The number of aliphatic hydroxyl groups excluding tert-OH is 1. The standard InChI is InChI=1S/C17H26O2Si/c1-12(2)20(19,13(3)4)16-9-5-14(6-10-16)11-17(18)15-7-8-15/h5-6,9-10,12-13,18-19H,7-8,11H2,1-4H3. The van der Waals surface area contributed by atoms with Crippen molar-refractivity contribution in [3.63, 3.8) is 0 Å². The van der Waals surface area contributed by atoms with Crippen LogP contribution in [0.2, 0.25) is 11.1 Å². The summed E-state index contributed by atoms with van der Waals surface area (Å²) in [6.07, 6.45) is 2.73. The molecule has 110 valence electrons. The zero-order chi connectivity index (χ0) is 14.9. The third kappa shape index (κ3) is 2.99. The molecular formula is C17H26O2Si. The quantitative estimate of drug-likeness (QED) is 0.639. The first-order valence-corrected chi connectivity index (χ1v) is 9.67. The summed E-state index contributed by atoms with van der Waals surface area (Å²) < 4.78 is 0. The molecule has 2 rings (SSSR count). The van der Waals surface area contributed by atoms with Gasteiger partial charge in [-0.05, 0) is 40.2 Å². The molecule has 0 atom stereocenters. The van der Waals surface area contributed by atoms with Crippen LogP contribution in [0.1, 0.15) is 46.1 Å². The van der Waals surface area contributed by atoms with Crippen molar-refractivity contribution < 1.29 is 9.90 Å². The van der Waals surface area contributed by atoms with Gasteiger partial charge in [0.2, 0.25) is 8.32 Å². The highest BCUT2D eigenvalue weighted by molar-refractivity contribution is 6.87. The van der Waals surface area contributed by atoms with E-state index in [2.05, 4.69) is 52.0 Å². The van der Waals surface area contributed by atoms with Crippen molar-refractivity contribution in [2.45, 2.75) is 58.0 Å². The fourth-order valence-corrected chi connectivity index (χ4v) is 6.26. The van der Waals surface area contributed by atoms with E-state index in [0.29, 0.717) is 23.3 Å². The Kier molecular flexibility index (Phi) is 4.40. The zero-order valence-electron chi connectivity index (χ0n) is 13.0. The molecule has 1 saturated carbocycles. The van der Waals surface area contributed by atoms with Gasteiger partial charge in [0, 0.05) is 6.42 Å². The maximum atomic E-state index is 11.1. The van der Waals surface area contributed by atoms with Crippen LogP contribution in [0.25, 0.3) is 0 Å². The Hall–Kier alpha value is -1.06. The van der Waals surface area contributed by atoms with Crippen LogP contribution in [0.3, 0.4) is 0 Å². The van der Waals surface area contributed by atoms with E-state index < -0.39 is 8.32 Å². The van der Waals surface area contributed by atoms with Crippen molar-refractivity contribution in [2.24, 2.45) is 0 Å². The van der Waals surface area contributed by atoms with Crippen molar-refractivity contribution in [3.8, 4) is 0 Å². The maximum Gasteiger partial charge on any atom is 0.225 e. The molecule has 1 aromatic carbocycles. The first kappa shape index (κ1) is 15.3. The lowest BCUT2D eigenvalue weighted by molar-refractivity contribution is 0.395. The van der Waals surface area contributed by atoms with Crippen LogP contribution >= 0.6 is 0 Å². The van der Waals surface area contributed by atoms with E-state index in [-0.39, 0.29) is 0 Å². The van der Waals surface area contributed by atoms with Crippen molar-refractivity contribution in [2.75, 3.05) is 0 Å². The smallest absolute Gasteiger partial charge is 0.225 e. The highest BCUT2D eigenvalue weighted by Crippen LogP contribution is 2.32. The van der Waals surface area contributed by atoms with Crippen LogP contribution in [-0.4, -0.2) is 18.2 Å². The van der Waals surface area contributed by atoms with Crippen molar-refractivity contribution in [3.05, 3.63) is 41.2 Å². The number of benzene rings is 1. The van der Waals surface area contributed by atoms with Crippen molar-refractivity contribution in [1.82, 2.24) is 0 Å². The predicted molar refractivity (Wildman–Crippen MR) is 86.8 cm³/mol. The van der Waals surface area contributed by atoms with Crippen LogP contribution in [0.15, 0.2) is 35.6 Å². The van der Waals surface area contributed by atoms with Crippen LogP contribution in [0.4, 0.5) is 0 Å². The fourth-order valence-electron chi connectivity index (χ4n) is 2.89. The molecule has 2 nitrogen and oxygen atoms in total. The summed E-state index contributed by atoms with van der Waals surface area (Å²) in [5, 5.41) is 11.0. The van der Waals surface area contributed by atoms with Gasteiger partial charge in [0.1, 0.15) is 0 Å². The van der Waals surface area contributed by atoms with E-state index in [1.807, 2.05) is 0 Å². The zero-order valence-corrected chi connectivity index (χ0v) is 14.0. The Morgan fingerprint density at radius 3 is 1.95 bits per heavy atom. The van der Waals surface area contributed by atoms with Gasteiger partial charge in [-0.15, -0.1) is 0 Å². The lowest BCUT2D eigenvalue weighted by Crippen LogP contribution is -2.53. The number of aliphatic hydroxyl groups is 1. The summed E-state index contributed by atoms with van der Waals surface area (Å²) in [5.74, 6) is 0.540. The first-order valence-electron chi connectivity index (χ1n) is 7.57. The lowest BCUT2D eigenvalue weighted by atomic mass is 10.1. The highest BCUT2D eigenvalue weighted by Gasteiger charge is 2.40. The van der Waals surface area contributed by atoms with Gasteiger partial charge in [-0.2, -0.15) is 0 Å². The SMILES string of the molecule is CC(C)[Si](O)(c1ccc(CC(O)=C2CC2)cc1)C(C)C. The lowest BCUT2D eigenvalue weighted by Gasteiger charge is -2.33. The van der Waals surface area contributed by atoms with Gasteiger partial charge >= 0.3 is 0 Å². The molecule has 3 heteroatoms. The van der Waals surface area contributed by atoms with Gasteiger partial charge in [-0.1, -0.05) is 52.0 Å². The number of allylic oxidation sites excluding steroid dienone is 2. The Labute approximate surface area is 123 Å². The van der Waals surface area contributed by atoms with Gasteiger partial charge in [0.25, 0.3) is 0 Å². The third-order valence-corrected chi connectivity index (χ3v) is 9.24. The number of hydrogen-bond acceptors (Lipinski definition) is 2. The molecular weight excluding hydrogens is 264 g/mol. The van der Waals surface area contributed by atoms with E-state index in [1.54, 1.807) is 0 Å². The molecule has 0 radical (unpaired) electrons. The molecule has 2 N–H and O–H groups in total. The van der Waals surface area contributed by atoms with E-state index in [9.17, 15) is 9.90 Å². The first-order chi connectivity index (χ1) is 9.35. The Bertz CT molecular complexity index is 486. The summed E-state index contributed by atoms with van der Waals surface area (Å²) >= 11 is 0. The average molecular weight is 290 g/mol. The number of hydrogen-bond donors (Lipinski definition) is 2. The van der Waals surface area contributed by atoms with Crippen molar-refractivity contribution >= 4 is 13.5 Å². The summed E-state index contributed by atoms with van der Waals surface area (Å²) in [7, 11) is -2.43. The highest BCUT2D eigenvalue weighted by atomic mass is 28.4. The van der Waals surface area contributed by atoms with E-state index in [0.717, 1.165) is 23.6 Å². The minimum atomic E-state index is -2.43. The van der Waals surface area contributed by atoms with Gasteiger partial charge in [0.15, 0.2) is 0 Å². The molecule has 0 amide bonds. The van der Waals surface area contributed by atoms with Gasteiger partial charge < -0.3 is 9.90 Å². The molecule has 0 aromatic heterocycles. The monoisotopic (exact) mass is 290 g/mol. The average Bonchev–Trinajstić information content (AvgIpc) is 3.22. The summed E-state index contributed by atoms with van der Waals surface area (Å²) in [6, 6.07) is 8.23. The molecule has 0 spiro atoms. The van der Waals surface area contributed by atoms with Crippen LogP contribution in [-0.2, 0) is 6.42 Å². The Balaban J connectivity index is 2.20. The summed E-state index contributed by atoms with van der Waals surface area (Å²) in [4.78, 5) is 11.1. The maximum absolute atomic E-state index is 11.1. The van der Waals surface area contributed by atoms with Gasteiger partial charge in [-0.3, -0.25) is 0 Å². The Morgan fingerprint density at radius 2 is 1.55 bits per heavy atom. The molecule has 1 aromatic rings. The topological polar surface area (TPSA) is 40.5 Å². The predicted octanol–water partition coefficient (Wildman–Crippen LogP) is 3.80. The van der Waals surface area contributed by atoms with Crippen LogP contribution in [0.5, 0.6) is 0 Å². The van der Waals surface area contributed by atoms with E-state index in [4.69, 9.17) is 0 Å². The fraction of sp³-hybridized carbons (Fsp3) is 0.529. The molecule has 1 fully saturated rings. The van der Waals surface area contributed by atoms with Gasteiger partial charge in [-0.25, -0.2) is 0 Å². The van der Waals surface area contributed by atoms with Crippen LogP contribution < -0.4 is 5.19 Å². The molecule has 0 bridgehead atoms. The van der Waals surface area contributed by atoms with Crippen molar-refractivity contribution in [1.29, 1.82) is 0 Å². The second-order valence-electron chi connectivity index (χ2n) is 6.56. The molecule has 1 aliphatic carbocycles. The number of rotatable bonds is 5. The molecule has 0 unspecified atom stereocenters. The van der Waals surface area contributed by atoms with E-state index >= 15 is 0 Å². The molecule has 20 heavy (non-hydrogen) atoms. The van der Waals surface area contributed by atoms with E-state index in [1.165, 1.54) is 5.57 Å². The third-order valence-electron chi connectivity index (χ3n) is 4.46. The molecule has 0 aliphatic heterocycles. The van der Waals surface area contributed by atoms with Gasteiger partial charge in [0.05, 0.1) is 5.76 Å². The molecule has 0 saturated heterocycles. The minimum Gasteiger partial charge on any atom is -0.512 e. The largest absolute Gasteiger partial charge is 0.512 e. The minimum absolute atomic E-state index is 0.301.